The van der Waals surface area contributed by atoms with E-state index in [1.807, 2.05) is 13.8 Å². The van der Waals surface area contributed by atoms with Crippen LogP contribution in [-0.4, -0.2) is 50.8 Å². The summed E-state index contributed by atoms with van der Waals surface area (Å²) < 4.78 is 5.62. The lowest BCUT2D eigenvalue weighted by Crippen LogP contribution is -2.39. The standard InChI is InChI=1S/C20H21N5O5/c1-12(2)10-30-15-9-13(3-4-14(15)17(26)27)23-19-22-7-5-16(24-19)25-8-6-20(29,11-21)18(25)28/h3-5,7,9,12,29H,6,8,10H2,1-2H3,(H,26,27)(H,22,23,24)/t20-/m0/s1. The summed E-state index contributed by atoms with van der Waals surface area (Å²) in [7, 11) is 0. The van der Waals surface area contributed by atoms with E-state index in [4.69, 9.17) is 10.00 Å². The molecule has 0 bridgehead atoms. The lowest BCUT2D eigenvalue weighted by molar-refractivity contribution is -0.128. The highest BCUT2D eigenvalue weighted by Crippen LogP contribution is 2.29. The number of rotatable bonds is 7. The van der Waals surface area contributed by atoms with Crippen LogP contribution in [0.3, 0.4) is 0 Å². The van der Waals surface area contributed by atoms with E-state index in [1.165, 1.54) is 29.3 Å². The maximum atomic E-state index is 12.3. The first-order valence-electron chi connectivity index (χ1n) is 9.29. The zero-order valence-electron chi connectivity index (χ0n) is 16.5. The SMILES string of the molecule is CC(C)COc1cc(Nc2nccc(N3CC[C@](O)(C#N)C3=O)n2)ccc1C(=O)O. The molecule has 2 heterocycles. The summed E-state index contributed by atoms with van der Waals surface area (Å²) in [4.78, 5) is 33.3. The minimum atomic E-state index is -2.05. The number of benzene rings is 1. The smallest absolute Gasteiger partial charge is 0.339 e. The van der Waals surface area contributed by atoms with Crippen LogP contribution in [0.2, 0.25) is 0 Å². The minimum Gasteiger partial charge on any atom is -0.492 e. The Morgan fingerprint density at radius 2 is 2.20 bits per heavy atom. The van der Waals surface area contributed by atoms with Crippen molar-refractivity contribution >= 4 is 29.3 Å². The van der Waals surface area contributed by atoms with Gasteiger partial charge in [0.15, 0.2) is 0 Å². The number of carbonyl (C=O) groups is 2. The second kappa shape index (κ2) is 8.34. The zero-order chi connectivity index (χ0) is 21.9. The maximum Gasteiger partial charge on any atom is 0.339 e. The molecule has 1 aromatic carbocycles. The molecule has 3 rings (SSSR count). The summed E-state index contributed by atoms with van der Waals surface area (Å²) in [6.45, 7) is 4.41. The van der Waals surface area contributed by atoms with Crippen molar-refractivity contribution in [1.82, 2.24) is 9.97 Å². The lowest BCUT2D eigenvalue weighted by Gasteiger charge is -2.17. The predicted molar refractivity (Wildman–Crippen MR) is 107 cm³/mol. The molecule has 10 heteroatoms. The second-order valence-electron chi connectivity index (χ2n) is 7.26. The molecule has 1 saturated heterocycles. The van der Waals surface area contributed by atoms with E-state index in [0.29, 0.717) is 12.3 Å². The molecule has 10 nitrogen and oxygen atoms in total. The first kappa shape index (κ1) is 21.0. The van der Waals surface area contributed by atoms with Gasteiger partial charge < -0.3 is 20.3 Å². The van der Waals surface area contributed by atoms with Crippen LogP contribution in [0.25, 0.3) is 0 Å². The molecule has 0 unspecified atom stereocenters. The van der Waals surface area contributed by atoms with Gasteiger partial charge in [-0.1, -0.05) is 13.8 Å². The Labute approximate surface area is 172 Å². The number of anilines is 3. The van der Waals surface area contributed by atoms with Gasteiger partial charge in [0.1, 0.15) is 23.2 Å². The third-order valence-corrected chi connectivity index (χ3v) is 4.44. The van der Waals surface area contributed by atoms with Gasteiger partial charge >= 0.3 is 5.97 Å². The number of carboxylic acid groups (broad SMARTS) is 1. The van der Waals surface area contributed by atoms with Crippen LogP contribution >= 0.6 is 0 Å². The molecule has 0 spiro atoms. The predicted octanol–water partition coefficient (Wildman–Crippen LogP) is 1.94. The summed E-state index contributed by atoms with van der Waals surface area (Å²) in [5.41, 5.74) is -1.51. The Balaban J connectivity index is 1.83. The van der Waals surface area contributed by atoms with Crippen LogP contribution in [-0.2, 0) is 4.79 Å². The van der Waals surface area contributed by atoms with Gasteiger partial charge in [0.25, 0.3) is 5.91 Å². The summed E-state index contributed by atoms with van der Waals surface area (Å²) >= 11 is 0. The Hall–Kier alpha value is -3.71. The van der Waals surface area contributed by atoms with Gasteiger partial charge in [-0.3, -0.25) is 9.69 Å². The van der Waals surface area contributed by atoms with Crippen molar-refractivity contribution in [3.8, 4) is 11.8 Å². The lowest BCUT2D eigenvalue weighted by atomic mass is 10.1. The van der Waals surface area contributed by atoms with Gasteiger partial charge in [0, 0.05) is 30.9 Å². The Morgan fingerprint density at radius 3 is 2.83 bits per heavy atom. The van der Waals surface area contributed by atoms with Gasteiger partial charge in [0.2, 0.25) is 11.5 Å². The molecule has 156 valence electrons. The molecule has 2 aromatic rings. The largest absolute Gasteiger partial charge is 0.492 e. The molecular weight excluding hydrogens is 390 g/mol. The number of nitriles is 1. The van der Waals surface area contributed by atoms with Crippen molar-refractivity contribution in [2.45, 2.75) is 25.9 Å². The third kappa shape index (κ3) is 4.31. The average Bonchev–Trinajstić information content (AvgIpc) is 3.02. The quantitative estimate of drug-likeness (QED) is 0.581. The number of aromatic nitrogens is 2. The van der Waals surface area contributed by atoms with E-state index < -0.39 is 17.5 Å². The number of carboxylic acids is 1. The Bertz CT molecular complexity index is 1020. The summed E-state index contributed by atoms with van der Waals surface area (Å²) in [5.74, 6) is -1.01. The number of hydrogen-bond donors (Lipinski definition) is 3. The third-order valence-electron chi connectivity index (χ3n) is 4.44. The highest BCUT2D eigenvalue weighted by atomic mass is 16.5. The number of aromatic carboxylic acids is 1. The molecule has 1 aromatic heterocycles. The fraction of sp³-hybridized carbons (Fsp3) is 0.350. The number of aliphatic hydroxyl groups is 1. The fourth-order valence-corrected chi connectivity index (χ4v) is 2.87. The molecule has 1 aliphatic heterocycles. The molecule has 1 amide bonds. The zero-order valence-corrected chi connectivity index (χ0v) is 16.5. The van der Waals surface area contributed by atoms with Gasteiger partial charge in [-0.2, -0.15) is 10.2 Å². The number of amides is 1. The first-order valence-corrected chi connectivity index (χ1v) is 9.29. The van der Waals surface area contributed by atoms with E-state index in [2.05, 4.69) is 15.3 Å². The van der Waals surface area contributed by atoms with Crippen molar-refractivity contribution in [2.24, 2.45) is 5.92 Å². The Morgan fingerprint density at radius 1 is 1.43 bits per heavy atom. The molecule has 0 saturated carbocycles. The van der Waals surface area contributed by atoms with E-state index in [9.17, 15) is 19.8 Å². The van der Waals surface area contributed by atoms with Crippen LogP contribution in [0.15, 0.2) is 30.5 Å². The molecule has 30 heavy (non-hydrogen) atoms. The topological polar surface area (TPSA) is 149 Å². The number of ether oxygens (including phenoxy) is 1. The Kier molecular flexibility index (Phi) is 5.84. The molecule has 0 radical (unpaired) electrons. The molecule has 3 N–H and O–H groups in total. The van der Waals surface area contributed by atoms with Crippen molar-refractivity contribution in [2.75, 3.05) is 23.4 Å². The van der Waals surface area contributed by atoms with E-state index >= 15 is 0 Å². The van der Waals surface area contributed by atoms with Crippen molar-refractivity contribution < 1.29 is 24.5 Å². The number of carbonyl (C=O) groups excluding carboxylic acids is 1. The van der Waals surface area contributed by atoms with E-state index in [1.54, 1.807) is 12.1 Å². The van der Waals surface area contributed by atoms with Crippen molar-refractivity contribution in [1.29, 1.82) is 5.26 Å². The molecule has 1 aliphatic rings. The summed E-state index contributed by atoms with van der Waals surface area (Å²) in [5, 5.41) is 31.4. The maximum absolute atomic E-state index is 12.3. The minimum absolute atomic E-state index is 0.0116. The van der Waals surface area contributed by atoms with Gasteiger partial charge in [0.05, 0.1) is 6.61 Å². The summed E-state index contributed by atoms with van der Waals surface area (Å²) in [6, 6.07) is 7.63. The molecule has 0 aliphatic carbocycles. The first-order chi connectivity index (χ1) is 14.2. The summed E-state index contributed by atoms with van der Waals surface area (Å²) in [6.07, 6.45) is 1.42. The van der Waals surface area contributed by atoms with Crippen LogP contribution in [0.4, 0.5) is 17.5 Å². The van der Waals surface area contributed by atoms with Gasteiger partial charge in [-0.05, 0) is 24.1 Å². The van der Waals surface area contributed by atoms with Crippen molar-refractivity contribution in [3.63, 3.8) is 0 Å². The molecular formula is C20H21N5O5. The van der Waals surface area contributed by atoms with Crippen LogP contribution in [0.1, 0.15) is 30.6 Å². The monoisotopic (exact) mass is 411 g/mol. The van der Waals surface area contributed by atoms with Gasteiger partial charge in [-0.25, -0.2) is 9.78 Å². The second-order valence-corrected chi connectivity index (χ2v) is 7.26. The van der Waals surface area contributed by atoms with Crippen LogP contribution < -0.4 is 15.0 Å². The van der Waals surface area contributed by atoms with E-state index in [0.717, 1.165) is 0 Å². The number of nitrogens with one attached hydrogen (secondary N) is 1. The number of hydrogen-bond acceptors (Lipinski definition) is 8. The van der Waals surface area contributed by atoms with Crippen LogP contribution in [0.5, 0.6) is 5.75 Å². The number of nitrogens with zero attached hydrogens (tertiary/aromatic N) is 4. The van der Waals surface area contributed by atoms with E-state index in [-0.39, 0.29) is 42.0 Å². The average molecular weight is 411 g/mol. The molecule has 1 atom stereocenters. The highest BCUT2D eigenvalue weighted by Gasteiger charge is 2.46. The van der Waals surface area contributed by atoms with Crippen LogP contribution in [0, 0.1) is 17.2 Å². The molecule has 1 fully saturated rings. The van der Waals surface area contributed by atoms with Crippen molar-refractivity contribution in [3.05, 3.63) is 36.0 Å². The highest BCUT2D eigenvalue weighted by molar-refractivity contribution is 6.03. The normalized spacial score (nSPS) is 18.4. The fourth-order valence-electron chi connectivity index (χ4n) is 2.87. The van der Waals surface area contributed by atoms with Gasteiger partial charge in [-0.15, -0.1) is 0 Å².